The molecule has 0 amide bonds. The summed E-state index contributed by atoms with van der Waals surface area (Å²) in [6.45, 7) is 1.96. The van der Waals surface area contributed by atoms with Gasteiger partial charge in [-0.1, -0.05) is 42.5 Å². The molecule has 31 heavy (non-hydrogen) atoms. The minimum Gasteiger partial charge on any atom is -0.323 e. The van der Waals surface area contributed by atoms with Crippen molar-refractivity contribution in [2.24, 2.45) is 0 Å². The third-order valence-electron chi connectivity index (χ3n) is 5.50. The summed E-state index contributed by atoms with van der Waals surface area (Å²) < 4.78 is 25.0. The molecule has 2 aromatic heterocycles. The number of anilines is 2. The van der Waals surface area contributed by atoms with Gasteiger partial charge in [0, 0.05) is 37.1 Å². The van der Waals surface area contributed by atoms with Crippen LogP contribution >= 0.6 is 0 Å². The van der Waals surface area contributed by atoms with Crippen LogP contribution in [0.1, 0.15) is 5.56 Å². The molecular formula is C23H23N5O2S. The van der Waals surface area contributed by atoms with Crippen molar-refractivity contribution in [2.75, 3.05) is 29.9 Å². The van der Waals surface area contributed by atoms with Gasteiger partial charge in [-0.15, -0.1) is 5.10 Å². The minimum atomic E-state index is -2.85. The van der Waals surface area contributed by atoms with Crippen LogP contribution in [0.25, 0.3) is 16.8 Å². The summed E-state index contributed by atoms with van der Waals surface area (Å²) in [5.41, 5.74) is 4.97. The summed E-state index contributed by atoms with van der Waals surface area (Å²) in [6, 6.07) is 22.2. The maximum absolute atomic E-state index is 11.6. The molecule has 0 aliphatic carbocycles. The molecule has 5 rings (SSSR count). The predicted octanol–water partition coefficient (Wildman–Crippen LogP) is 3.37. The van der Waals surface area contributed by atoms with Crippen LogP contribution in [0.5, 0.6) is 0 Å². The molecular weight excluding hydrogens is 410 g/mol. The smallest absolute Gasteiger partial charge is 0.247 e. The molecule has 1 aliphatic rings. The van der Waals surface area contributed by atoms with Crippen LogP contribution in [-0.2, 0) is 16.4 Å². The van der Waals surface area contributed by atoms with Gasteiger partial charge in [0.2, 0.25) is 5.95 Å². The van der Waals surface area contributed by atoms with E-state index in [1.165, 1.54) is 5.56 Å². The van der Waals surface area contributed by atoms with Crippen LogP contribution in [0.3, 0.4) is 0 Å². The zero-order valence-electron chi connectivity index (χ0n) is 17.0. The van der Waals surface area contributed by atoms with Gasteiger partial charge in [0.05, 0.1) is 11.5 Å². The van der Waals surface area contributed by atoms with Gasteiger partial charge in [-0.25, -0.2) is 12.9 Å². The lowest BCUT2D eigenvalue weighted by atomic mass is 10.0. The summed E-state index contributed by atoms with van der Waals surface area (Å²) in [5, 5.41) is 7.78. The Hall–Kier alpha value is -3.23. The highest BCUT2D eigenvalue weighted by Crippen LogP contribution is 2.25. The Morgan fingerprint density at radius 3 is 2.39 bits per heavy atom. The van der Waals surface area contributed by atoms with Crippen LogP contribution in [0.15, 0.2) is 72.9 Å². The molecule has 158 valence electrons. The third kappa shape index (κ3) is 4.45. The Kier molecular flexibility index (Phi) is 5.17. The van der Waals surface area contributed by atoms with Crippen LogP contribution in [0.4, 0.5) is 11.6 Å². The van der Waals surface area contributed by atoms with E-state index in [1.54, 1.807) is 4.52 Å². The summed E-state index contributed by atoms with van der Waals surface area (Å²) in [6.07, 6.45) is 1.89. The normalized spacial score (nSPS) is 16.4. The molecule has 4 aromatic rings. The molecule has 0 spiro atoms. The first-order chi connectivity index (χ1) is 15.1. The van der Waals surface area contributed by atoms with E-state index in [4.69, 9.17) is 0 Å². The summed E-state index contributed by atoms with van der Waals surface area (Å²) >= 11 is 0. The summed E-state index contributed by atoms with van der Waals surface area (Å²) in [7, 11) is -2.85. The first-order valence-electron chi connectivity index (χ1n) is 10.3. The van der Waals surface area contributed by atoms with Crippen LogP contribution < -0.4 is 5.32 Å². The number of para-hydroxylation sites is 1. The predicted molar refractivity (Wildman–Crippen MR) is 122 cm³/mol. The van der Waals surface area contributed by atoms with Crippen LogP contribution in [0.2, 0.25) is 0 Å². The van der Waals surface area contributed by atoms with E-state index in [9.17, 15) is 8.42 Å². The van der Waals surface area contributed by atoms with Gasteiger partial charge >= 0.3 is 0 Å². The monoisotopic (exact) mass is 433 g/mol. The molecule has 1 aliphatic heterocycles. The van der Waals surface area contributed by atoms with Gasteiger partial charge in [-0.2, -0.15) is 4.98 Å². The van der Waals surface area contributed by atoms with Gasteiger partial charge in [0.15, 0.2) is 15.5 Å². The fraction of sp³-hybridized carbons (Fsp3) is 0.217. The van der Waals surface area contributed by atoms with Gasteiger partial charge in [0.25, 0.3) is 0 Å². The van der Waals surface area contributed by atoms with Crippen molar-refractivity contribution < 1.29 is 8.42 Å². The van der Waals surface area contributed by atoms with Gasteiger partial charge in [-0.3, -0.25) is 4.90 Å². The third-order valence-corrected chi connectivity index (χ3v) is 7.11. The second kappa shape index (κ2) is 8.13. The highest BCUT2D eigenvalue weighted by atomic mass is 32.2. The van der Waals surface area contributed by atoms with E-state index < -0.39 is 9.84 Å². The number of fused-ring (bicyclic) bond motifs is 1. The molecule has 1 N–H and O–H groups in total. The Morgan fingerprint density at radius 2 is 1.65 bits per heavy atom. The van der Waals surface area contributed by atoms with E-state index in [0.717, 1.165) is 29.0 Å². The SMILES string of the molecule is O=S1(=O)CCN(Cc2ccc(-c3cccn4nc(Nc5ccccc5)nc34)cc2)CC1. The molecule has 1 saturated heterocycles. The fourth-order valence-electron chi connectivity index (χ4n) is 3.79. The number of sulfone groups is 1. The number of hydrogen-bond acceptors (Lipinski definition) is 6. The second-order valence-electron chi connectivity index (χ2n) is 7.74. The van der Waals surface area contributed by atoms with E-state index in [1.807, 2.05) is 48.7 Å². The number of benzene rings is 2. The van der Waals surface area contributed by atoms with Crippen molar-refractivity contribution in [2.45, 2.75) is 6.54 Å². The van der Waals surface area contributed by atoms with Gasteiger partial charge in [0.1, 0.15) is 0 Å². The Balaban J connectivity index is 1.35. The molecule has 0 bridgehead atoms. The average molecular weight is 434 g/mol. The zero-order chi connectivity index (χ0) is 21.3. The number of aromatic nitrogens is 3. The molecule has 2 aromatic carbocycles. The standard InChI is InChI=1S/C23H23N5O2S/c29-31(30)15-13-27(14-16-31)17-18-8-10-19(11-9-18)21-7-4-12-28-22(21)25-23(26-28)24-20-5-2-1-3-6-20/h1-12H,13-17H2,(H,24,26). The van der Waals surface area contributed by atoms with Crippen molar-refractivity contribution in [3.05, 3.63) is 78.5 Å². The van der Waals surface area contributed by atoms with E-state index in [-0.39, 0.29) is 11.5 Å². The number of nitrogens with one attached hydrogen (secondary N) is 1. The minimum absolute atomic E-state index is 0.249. The lowest BCUT2D eigenvalue weighted by molar-refractivity contribution is 0.287. The highest BCUT2D eigenvalue weighted by Gasteiger charge is 2.21. The van der Waals surface area contributed by atoms with Crippen molar-refractivity contribution in [1.82, 2.24) is 19.5 Å². The molecule has 3 heterocycles. The van der Waals surface area contributed by atoms with Gasteiger partial charge < -0.3 is 5.32 Å². The quantitative estimate of drug-likeness (QED) is 0.520. The summed E-state index contributed by atoms with van der Waals surface area (Å²) in [4.78, 5) is 6.88. The first kappa shape index (κ1) is 19.7. The molecule has 0 atom stereocenters. The van der Waals surface area contributed by atoms with Crippen LogP contribution in [0, 0.1) is 0 Å². The fourth-order valence-corrected chi connectivity index (χ4v) is 5.07. The zero-order valence-corrected chi connectivity index (χ0v) is 17.8. The second-order valence-corrected chi connectivity index (χ2v) is 10.0. The molecule has 0 unspecified atom stereocenters. The maximum Gasteiger partial charge on any atom is 0.247 e. The number of hydrogen-bond donors (Lipinski definition) is 1. The van der Waals surface area contributed by atoms with E-state index in [2.05, 4.69) is 44.6 Å². The Labute approximate surface area is 181 Å². The van der Waals surface area contributed by atoms with E-state index >= 15 is 0 Å². The lowest BCUT2D eigenvalue weighted by Gasteiger charge is -2.26. The maximum atomic E-state index is 11.6. The Bertz CT molecular complexity index is 1290. The largest absolute Gasteiger partial charge is 0.323 e. The van der Waals surface area contributed by atoms with Gasteiger partial charge in [-0.05, 0) is 35.4 Å². The van der Waals surface area contributed by atoms with Crippen LogP contribution in [-0.4, -0.2) is 52.5 Å². The molecule has 7 nitrogen and oxygen atoms in total. The average Bonchev–Trinajstić information content (AvgIpc) is 3.19. The number of rotatable bonds is 5. The van der Waals surface area contributed by atoms with Crippen molar-refractivity contribution >= 4 is 27.1 Å². The van der Waals surface area contributed by atoms with Crippen molar-refractivity contribution in [3.8, 4) is 11.1 Å². The molecule has 0 saturated carbocycles. The molecule has 1 fully saturated rings. The number of nitrogens with zero attached hydrogens (tertiary/aromatic N) is 4. The highest BCUT2D eigenvalue weighted by molar-refractivity contribution is 7.91. The topological polar surface area (TPSA) is 79.6 Å². The number of pyridine rings is 1. The van der Waals surface area contributed by atoms with Crippen molar-refractivity contribution in [3.63, 3.8) is 0 Å². The summed E-state index contributed by atoms with van der Waals surface area (Å²) in [5.74, 6) is 1.05. The molecule has 0 radical (unpaired) electrons. The lowest BCUT2D eigenvalue weighted by Crippen LogP contribution is -2.39. The van der Waals surface area contributed by atoms with E-state index in [0.29, 0.717) is 19.0 Å². The Morgan fingerprint density at radius 1 is 0.903 bits per heavy atom. The molecule has 8 heteroatoms. The first-order valence-corrected chi connectivity index (χ1v) is 12.1. The van der Waals surface area contributed by atoms with Crippen molar-refractivity contribution in [1.29, 1.82) is 0 Å².